The van der Waals surface area contributed by atoms with E-state index in [1.807, 2.05) is 13.8 Å². The van der Waals surface area contributed by atoms with Crippen LogP contribution in [0.25, 0.3) is 0 Å². The van der Waals surface area contributed by atoms with Gasteiger partial charge in [0.15, 0.2) is 0 Å². The fraction of sp³-hybridized carbons (Fsp3) is 1.00. The minimum absolute atomic E-state index is 0. The number of hydrogen-bond donors (Lipinski definition) is 0. The SMILES string of the molecule is CCCCOP(=O)([O-])OCCCC.[Cr+2]. The number of unbranched alkanes of at least 4 members (excludes halogenated alkanes) is 2. The van der Waals surface area contributed by atoms with Crippen LogP contribution >= 0.6 is 7.82 Å². The Balaban J connectivity index is 0. The molecule has 0 bridgehead atoms. The van der Waals surface area contributed by atoms with Gasteiger partial charge in [-0.05, 0) is 12.8 Å². The third-order valence-electron chi connectivity index (χ3n) is 1.49. The summed E-state index contributed by atoms with van der Waals surface area (Å²) in [7, 11) is -4.00. The summed E-state index contributed by atoms with van der Waals surface area (Å²) in [6, 6.07) is 0. The minimum Gasteiger partial charge on any atom is -0.756 e. The van der Waals surface area contributed by atoms with Crippen molar-refractivity contribution < 1.29 is 35.9 Å². The molecule has 0 saturated carbocycles. The molecule has 0 unspecified atom stereocenters. The Morgan fingerprint density at radius 1 is 1.07 bits per heavy atom. The topological polar surface area (TPSA) is 58.6 Å². The molecule has 0 aliphatic carbocycles. The van der Waals surface area contributed by atoms with Crippen LogP contribution in [0.3, 0.4) is 0 Å². The molecule has 0 aromatic carbocycles. The molecule has 4 nitrogen and oxygen atoms in total. The van der Waals surface area contributed by atoms with Gasteiger partial charge in [0.05, 0.1) is 13.2 Å². The molecular weight excluding hydrogens is 243 g/mol. The van der Waals surface area contributed by atoms with Crippen LogP contribution in [0.15, 0.2) is 0 Å². The first-order valence-corrected chi connectivity index (χ1v) is 6.18. The molecule has 6 heteroatoms. The molecule has 0 heterocycles. The second kappa shape index (κ2) is 10.2. The quantitative estimate of drug-likeness (QED) is 0.496. The van der Waals surface area contributed by atoms with Crippen LogP contribution in [0.4, 0.5) is 0 Å². The van der Waals surface area contributed by atoms with Crippen molar-refractivity contribution >= 4 is 7.82 Å². The second-order valence-electron chi connectivity index (χ2n) is 2.82. The van der Waals surface area contributed by atoms with Gasteiger partial charge in [0, 0.05) is 0 Å². The van der Waals surface area contributed by atoms with Gasteiger partial charge in [-0.2, -0.15) is 0 Å². The summed E-state index contributed by atoms with van der Waals surface area (Å²) in [5.74, 6) is 0. The molecule has 14 heavy (non-hydrogen) atoms. The van der Waals surface area contributed by atoms with E-state index in [0.717, 1.165) is 25.7 Å². The van der Waals surface area contributed by atoms with Crippen LogP contribution in [-0.4, -0.2) is 13.2 Å². The monoisotopic (exact) mass is 261 g/mol. The summed E-state index contributed by atoms with van der Waals surface area (Å²) in [6.45, 7) is 4.39. The van der Waals surface area contributed by atoms with Crippen molar-refractivity contribution in [2.45, 2.75) is 39.5 Å². The van der Waals surface area contributed by atoms with E-state index in [1.165, 1.54) is 0 Å². The predicted molar refractivity (Wildman–Crippen MR) is 49.3 cm³/mol. The first-order valence-electron chi connectivity index (χ1n) is 4.72. The van der Waals surface area contributed by atoms with Crippen LogP contribution < -0.4 is 4.89 Å². The number of hydrogen-bond acceptors (Lipinski definition) is 4. The van der Waals surface area contributed by atoms with Crippen molar-refractivity contribution in [3.63, 3.8) is 0 Å². The van der Waals surface area contributed by atoms with Crippen LogP contribution in [0.5, 0.6) is 0 Å². The van der Waals surface area contributed by atoms with Gasteiger partial charge in [-0.25, -0.2) is 0 Å². The molecule has 0 amide bonds. The van der Waals surface area contributed by atoms with Gasteiger partial charge < -0.3 is 13.9 Å². The van der Waals surface area contributed by atoms with E-state index in [4.69, 9.17) is 0 Å². The van der Waals surface area contributed by atoms with Crippen LogP contribution in [-0.2, 0) is 31.0 Å². The summed E-state index contributed by atoms with van der Waals surface area (Å²) >= 11 is 0. The van der Waals surface area contributed by atoms with Gasteiger partial charge in [0.1, 0.15) is 0 Å². The van der Waals surface area contributed by atoms with E-state index in [1.54, 1.807) is 0 Å². The first-order chi connectivity index (χ1) is 6.12. The maximum absolute atomic E-state index is 11.0. The van der Waals surface area contributed by atoms with Gasteiger partial charge in [-0.15, -0.1) is 0 Å². The number of rotatable bonds is 8. The molecule has 0 fully saturated rings. The van der Waals surface area contributed by atoms with Crippen molar-refractivity contribution in [2.75, 3.05) is 13.2 Å². The van der Waals surface area contributed by atoms with Gasteiger partial charge in [0.2, 0.25) is 0 Å². The van der Waals surface area contributed by atoms with Gasteiger partial charge >= 0.3 is 17.4 Å². The smallest absolute Gasteiger partial charge is 0.756 e. The Kier molecular flexibility index (Phi) is 12.4. The fourth-order valence-corrected chi connectivity index (χ4v) is 1.46. The van der Waals surface area contributed by atoms with Crippen molar-refractivity contribution in [1.82, 2.24) is 0 Å². The summed E-state index contributed by atoms with van der Waals surface area (Å²) in [5, 5.41) is 0. The molecular formula is C8H18CrO4P+. The zero-order valence-electron chi connectivity index (χ0n) is 8.73. The molecule has 0 aliphatic heterocycles. The van der Waals surface area contributed by atoms with E-state index in [0.29, 0.717) is 0 Å². The third kappa shape index (κ3) is 10.7. The van der Waals surface area contributed by atoms with Crippen molar-refractivity contribution in [3.8, 4) is 0 Å². The van der Waals surface area contributed by atoms with Crippen molar-refractivity contribution in [3.05, 3.63) is 0 Å². The third-order valence-corrected chi connectivity index (χ3v) is 2.49. The Labute approximate surface area is 96.7 Å². The predicted octanol–water partition coefficient (Wildman–Crippen LogP) is 2.09. The zero-order chi connectivity index (χ0) is 10.2. The molecule has 0 aromatic rings. The van der Waals surface area contributed by atoms with Crippen LogP contribution in [0, 0.1) is 0 Å². The molecule has 0 atom stereocenters. The van der Waals surface area contributed by atoms with E-state index in [-0.39, 0.29) is 30.6 Å². The zero-order valence-corrected chi connectivity index (χ0v) is 10.9. The van der Waals surface area contributed by atoms with Gasteiger partial charge in [-0.3, -0.25) is 4.57 Å². The minimum atomic E-state index is -4.00. The van der Waals surface area contributed by atoms with Gasteiger partial charge in [0.25, 0.3) is 7.82 Å². The number of phosphoric acid groups is 1. The van der Waals surface area contributed by atoms with Gasteiger partial charge in [-0.1, -0.05) is 26.7 Å². The van der Waals surface area contributed by atoms with E-state index in [9.17, 15) is 9.46 Å². The van der Waals surface area contributed by atoms with E-state index < -0.39 is 7.82 Å². The summed E-state index contributed by atoms with van der Waals surface area (Å²) < 4.78 is 20.2. The maximum Gasteiger partial charge on any atom is 2.00 e. The van der Waals surface area contributed by atoms with Crippen molar-refractivity contribution in [1.29, 1.82) is 0 Å². The summed E-state index contributed by atoms with van der Waals surface area (Å²) in [5.41, 5.74) is 0. The largest absolute Gasteiger partial charge is 2.00 e. The van der Waals surface area contributed by atoms with E-state index in [2.05, 4.69) is 9.05 Å². The molecule has 0 rings (SSSR count). The number of phosphoric ester groups is 1. The van der Waals surface area contributed by atoms with Crippen LogP contribution in [0.2, 0.25) is 0 Å². The molecule has 0 spiro atoms. The summed E-state index contributed by atoms with van der Waals surface area (Å²) in [6.07, 6.45) is 3.30. The molecule has 0 saturated heterocycles. The standard InChI is InChI=1S/C8H19O4P.Cr/c1-3-5-7-11-13(9,10)12-8-6-4-2;/h3-8H2,1-2H3,(H,9,10);/q;+2/p-1. The first kappa shape index (κ1) is 17.1. The Hall–Kier alpha value is 0.642. The molecule has 0 aliphatic rings. The maximum atomic E-state index is 11.0. The Bertz CT molecular complexity index is 151. The molecule has 0 radical (unpaired) electrons. The molecule has 0 N–H and O–H groups in total. The molecule has 0 aromatic heterocycles. The van der Waals surface area contributed by atoms with E-state index >= 15 is 0 Å². The normalized spacial score (nSPS) is 11.1. The fourth-order valence-electron chi connectivity index (χ4n) is 0.679. The molecule has 84 valence electrons. The van der Waals surface area contributed by atoms with Crippen LogP contribution in [0.1, 0.15) is 39.5 Å². The Morgan fingerprint density at radius 3 is 1.71 bits per heavy atom. The van der Waals surface area contributed by atoms with Crippen molar-refractivity contribution in [2.24, 2.45) is 0 Å². The summed E-state index contributed by atoms with van der Waals surface area (Å²) in [4.78, 5) is 11.0. The Morgan fingerprint density at radius 2 is 1.43 bits per heavy atom. The second-order valence-corrected chi connectivity index (χ2v) is 4.23. The average molecular weight is 261 g/mol. The average Bonchev–Trinajstić information content (AvgIpc) is 2.05.